The first-order chi connectivity index (χ1) is 7.19. The van der Waals surface area contributed by atoms with Gasteiger partial charge in [0.2, 0.25) is 6.08 Å². The van der Waals surface area contributed by atoms with Gasteiger partial charge in [-0.15, -0.1) is 0 Å². The highest BCUT2D eigenvalue weighted by Crippen LogP contribution is 2.47. The van der Waals surface area contributed by atoms with Crippen molar-refractivity contribution in [3.63, 3.8) is 0 Å². The molecule has 78 valence electrons. The number of halogens is 2. The molecule has 1 fully saturated rings. The molecule has 1 aliphatic rings. The van der Waals surface area contributed by atoms with Gasteiger partial charge in [0.05, 0.1) is 10.0 Å². The standard InChI is InChI=1S/C11H9BrFNO/c12-10-8(3-1-4-9(10)13)11(14-7-15)5-2-6-11/h1,3-4H,2,5-6H2. The first kappa shape index (κ1) is 10.5. The summed E-state index contributed by atoms with van der Waals surface area (Å²) in [5.74, 6) is -0.320. The van der Waals surface area contributed by atoms with Crippen molar-refractivity contribution in [1.82, 2.24) is 0 Å². The first-order valence-electron chi connectivity index (χ1n) is 4.73. The zero-order valence-electron chi connectivity index (χ0n) is 7.96. The second-order valence-corrected chi connectivity index (χ2v) is 4.48. The van der Waals surface area contributed by atoms with Crippen LogP contribution in [0.2, 0.25) is 0 Å². The molecule has 15 heavy (non-hydrogen) atoms. The van der Waals surface area contributed by atoms with Crippen LogP contribution in [0.4, 0.5) is 4.39 Å². The van der Waals surface area contributed by atoms with E-state index in [1.54, 1.807) is 18.2 Å². The van der Waals surface area contributed by atoms with E-state index >= 15 is 0 Å². The molecular formula is C11H9BrFNO. The van der Waals surface area contributed by atoms with Gasteiger partial charge >= 0.3 is 0 Å². The Labute approximate surface area is 95.3 Å². The van der Waals surface area contributed by atoms with E-state index in [2.05, 4.69) is 20.9 Å². The summed E-state index contributed by atoms with van der Waals surface area (Å²) in [6.07, 6.45) is 4.16. The third kappa shape index (κ3) is 1.64. The summed E-state index contributed by atoms with van der Waals surface area (Å²) in [5, 5.41) is 0. The first-order valence-corrected chi connectivity index (χ1v) is 5.52. The molecule has 0 aromatic heterocycles. The highest BCUT2D eigenvalue weighted by atomic mass is 79.9. The van der Waals surface area contributed by atoms with Crippen molar-refractivity contribution in [3.05, 3.63) is 34.1 Å². The minimum atomic E-state index is -0.539. The van der Waals surface area contributed by atoms with Crippen molar-refractivity contribution >= 4 is 22.0 Å². The number of carbonyl (C=O) groups excluding carboxylic acids is 1. The van der Waals surface area contributed by atoms with E-state index in [4.69, 9.17) is 0 Å². The quantitative estimate of drug-likeness (QED) is 0.598. The highest BCUT2D eigenvalue weighted by Gasteiger charge is 2.40. The van der Waals surface area contributed by atoms with Gasteiger partial charge in [0.1, 0.15) is 5.82 Å². The summed E-state index contributed by atoms with van der Waals surface area (Å²) in [6, 6.07) is 4.81. The van der Waals surface area contributed by atoms with Crippen LogP contribution in [-0.2, 0) is 10.3 Å². The summed E-state index contributed by atoms with van der Waals surface area (Å²) in [6.45, 7) is 0. The van der Waals surface area contributed by atoms with Crippen LogP contribution < -0.4 is 0 Å². The smallest absolute Gasteiger partial charge is 0.211 e. The zero-order valence-corrected chi connectivity index (χ0v) is 9.55. The molecule has 0 amide bonds. The highest BCUT2D eigenvalue weighted by molar-refractivity contribution is 9.10. The number of nitrogens with zero attached hydrogens (tertiary/aromatic N) is 1. The van der Waals surface area contributed by atoms with Crippen molar-refractivity contribution in [1.29, 1.82) is 0 Å². The Morgan fingerprint density at radius 2 is 2.20 bits per heavy atom. The van der Waals surface area contributed by atoms with Crippen LogP contribution in [0.1, 0.15) is 24.8 Å². The molecule has 2 rings (SSSR count). The van der Waals surface area contributed by atoms with Gasteiger partial charge < -0.3 is 0 Å². The lowest BCUT2D eigenvalue weighted by Gasteiger charge is -2.37. The van der Waals surface area contributed by atoms with Gasteiger partial charge in [0.15, 0.2) is 0 Å². The molecule has 0 N–H and O–H groups in total. The van der Waals surface area contributed by atoms with E-state index in [1.165, 1.54) is 6.07 Å². The Bertz CT molecular complexity index is 436. The van der Waals surface area contributed by atoms with Crippen molar-refractivity contribution < 1.29 is 9.18 Å². The van der Waals surface area contributed by atoms with E-state index < -0.39 is 5.54 Å². The Morgan fingerprint density at radius 3 is 2.73 bits per heavy atom. The van der Waals surface area contributed by atoms with Crippen molar-refractivity contribution in [3.8, 4) is 0 Å². The molecule has 0 aliphatic heterocycles. The minimum absolute atomic E-state index is 0.320. The fraction of sp³-hybridized carbons (Fsp3) is 0.364. The molecule has 0 heterocycles. The van der Waals surface area contributed by atoms with Crippen molar-refractivity contribution in [2.24, 2.45) is 4.99 Å². The summed E-state index contributed by atoms with van der Waals surface area (Å²) < 4.78 is 13.7. The van der Waals surface area contributed by atoms with Gasteiger partial charge in [0, 0.05) is 0 Å². The van der Waals surface area contributed by atoms with Crippen LogP contribution >= 0.6 is 15.9 Å². The largest absolute Gasteiger partial charge is 0.235 e. The van der Waals surface area contributed by atoms with Crippen LogP contribution in [0.15, 0.2) is 27.7 Å². The number of aliphatic imine (C=N–C) groups is 1. The van der Waals surface area contributed by atoms with Gasteiger partial charge in [-0.3, -0.25) is 0 Å². The predicted molar refractivity (Wildman–Crippen MR) is 57.8 cm³/mol. The second-order valence-electron chi connectivity index (χ2n) is 3.69. The third-order valence-electron chi connectivity index (χ3n) is 2.89. The van der Waals surface area contributed by atoms with Crippen LogP contribution in [0.3, 0.4) is 0 Å². The average molecular weight is 270 g/mol. The van der Waals surface area contributed by atoms with Crippen LogP contribution in [0.5, 0.6) is 0 Å². The Hall–Kier alpha value is -0.990. The Morgan fingerprint density at radius 1 is 1.47 bits per heavy atom. The van der Waals surface area contributed by atoms with Crippen LogP contribution in [0.25, 0.3) is 0 Å². The lowest BCUT2D eigenvalue weighted by molar-refractivity contribution is 0.254. The van der Waals surface area contributed by atoms with Crippen LogP contribution in [-0.4, -0.2) is 6.08 Å². The minimum Gasteiger partial charge on any atom is -0.211 e. The lowest BCUT2D eigenvalue weighted by Crippen LogP contribution is -2.32. The predicted octanol–water partition coefficient (Wildman–Crippen LogP) is 3.30. The topological polar surface area (TPSA) is 29.4 Å². The molecule has 1 saturated carbocycles. The summed E-state index contributed by atoms with van der Waals surface area (Å²) in [4.78, 5) is 14.2. The Kier molecular flexibility index (Phi) is 2.72. The number of hydrogen-bond acceptors (Lipinski definition) is 2. The zero-order chi connectivity index (χ0) is 10.9. The number of rotatable bonds is 2. The van der Waals surface area contributed by atoms with Gasteiger partial charge in [-0.1, -0.05) is 12.1 Å². The summed E-state index contributed by atoms with van der Waals surface area (Å²) >= 11 is 3.20. The number of benzene rings is 1. The van der Waals surface area contributed by atoms with Gasteiger partial charge in [0.25, 0.3) is 0 Å². The van der Waals surface area contributed by atoms with Crippen molar-refractivity contribution in [2.45, 2.75) is 24.8 Å². The van der Waals surface area contributed by atoms with E-state index in [0.717, 1.165) is 24.8 Å². The lowest BCUT2D eigenvalue weighted by atomic mass is 9.72. The number of isocyanates is 1. The molecule has 2 nitrogen and oxygen atoms in total. The van der Waals surface area contributed by atoms with Gasteiger partial charge in [-0.05, 0) is 46.8 Å². The van der Waals surface area contributed by atoms with Crippen molar-refractivity contribution in [2.75, 3.05) is 0 Å². The fourth-order valence-corrected chi connectivity index (χ4v) is 2.54. The molecule has 0 radical (unpaired) electrons. The molecule has 1 aromatic rings. The molecule has 0 unspecified atom stereocenters. The summed E-state index contributed by atoms with van der Waals surface area (Å²) in [7, 11) is 0. The van der Waals surface area contributed by atoms with Gasteiger partial charge in [-0.25, -0.2) is 9.18 Å². The van der Waals surface area contributed by atoms with Gasteiger partial charge in [-0.2, -0.15) is 4.99 Å². The third-order valence-corrected chi connectivity index (χ3v) is 3.70. The molecule has 4 heteroatoms. The second kappa shape index (κ2) is 3.87. The maximum absolute atomic E-state index is 13.3. The molecule has 0 bridgehead atoms. The monoisotopic (exact) mass is 269 g/mol. The average Bonchev–Trinajstić information content (AvgIpc) is 2.17. The molecule has 0 saturated heterocycles. The maximum Gasteiger partial charge on any atom is 0.235 e. The number of hydrogen-bond donors (Lipinski definition) is 0. The summed E-state index contributed by atoms with van der Waals surface area (Å²) in [5.41, 5.74) is 0.208. The van der Waals surface area contributed by atoms with Crippen LogP contribution in [0, 0.1) is 5.82 Å². The fourth-order valence-electron chi connectivity index (χ4n) is 1.90. The molecular weight excluding hydrogens is 261 g/mol. The SMILES string of the molecule is O=C=NC1(c2cccc(F)c2Br)CCC1. The maximum atomic E-state index is 13.3. The van der Waals surface area contributed by atoms with E-state index in [0.29, 0.717) is 4.47 Å². The van der Waals surface area contributed by atoms with E-state index in [1.807, 2.05) is 0 Å². The molecule has 1 aliphatic carbocycles. The van der Waals surface area contributed by atoms with E-state index in [-0.39, 0.29) is 5.82 Å². The molecule has 1 aromatic carbocycles. The normalized spacial score (nSPS) is 17.7. The molecule has 0 atom stereocenters. The van der Waals surface area contributed by atoms with E-state index in [9.17, 15) is 9.18 Å². The Balaban J connectivity index is 2.52. The molecule has 0 spiro atoms.